The van der Waals surface area contributed by atoms with E-state index in [4.69, 9.17) is 9.47 Å². The molecule has 1 aromatic rings. The lowest BCUT2D eigenvalue weighted by Crippen LogP contribution is -2.38. The van der Waals surface area contributed by atoms with E-state index >= 15 is 0 Å². The molecule has 0 heterocycles. The maximum Gasteiger partial charge on any atom is 0.255 e. The lowest BCUT2D eigenvalue weighted by molar-refractivity contribution is 0.0947. The Morgan fingerprint density at radius 1 is 1.30 bits per heavy atom. The number of carbonyl (C=O) groups is 1. The lowest BCUT2D eigenvalue weighted by Gasteiger charge is -2.14. The highest BCUT2D eigenvalue weighted by Crippen LogP contribution is 2.24. The monoisotopic (exact) mass is 302 g/mol. The van der Waals surface area contributed by atoms with Crippen LogP contribution in [0.25, 0.3) is 0 Å². The Morgan fingerprint density at radius 2 is 2.00 bits per heavy atom. The first-order chi connectivity index (χ1) is 9.12. The molecular weight excluding hydrogens is 280 g/mol. The molecule has 114 valence electrons. The minimum absolute atomic E-state index is 0. The van der Waals surface area contributed by atoms with Crippen molar-refractivity contribution in [3.05, 3.63) is 23.8 Å². The predicted molar refractivity (Wildman–Crippen MR) is 82.3 cm³/mol. The molecule has 0 aromatic heterocycles. The van der Waals surface area contributed by atoms with Gasteiger partial charge in [0, 0.05) is 18.7 Å². The molecule has 1 aromatic carbocycles. The molecule has 1 atom stereocenters. The molecule has 5 nitrogen and oxygen atoms in total. The van der Waals surface area contributed by atoms with Crippen LogP contribution in [0.15, 0.2) is 18.2 Å². The number of benzene rings is 1. The molecule has 0 radical (unpaired) electrons. The van der Waals surface area contributed by atoms with E-state index in [2.05, 4.69) is 10.6 Å². The standard InChI is InChI=1S/C14H22N2O3.ClH/c1-5-15-10(2)9-16-14(17)12-7-6-11(18-3)8-13(12)19-4;/h6-8,10,15H,5,9H2,1-4H3,(H,16,17);1H/t10-;/m1./s1. The zero-order valence-electron chi connectivity index (χ0n) is 12.4. The van der Waals surface area contributed by atoms with Gasteiger partial charge in [-0.3, -0.25) is 4.79 Å². The molecule has 20 heavy (non-hydrogen) atoms. The van der Waals surface area contributed by atoms with Crippen LogP contribution in [0.3, 0.4) is 0 Å². The van der Waals surface area contributed by atoms with Gasteiger partial charge in [0.1, 0.15) is 11.5 Å². The van der Waals surface area contributed by atoms with Crippen molar-refractivity contribution in [2.24, 2.45) is 0 Å². The Hall–Kier alpha value is -1.46. The number of ether oxygens (including phenoxy) is 2. The van der Waals surface area contributed by atoms with Gasteiger partial charge in [0.25, 0.3) is 5.91 Å². The van der Waals surface area contributed by atoms with Crippen molar-refractivity contribution < 1.29 is 14.3 Å². The first-order valence-corrected chi connectivity index (χ1v) is 6.36. The van der Waals surface area contributed by atoms with Gasteiger partial charge in [-0.1, -0.05) is 6.92 Å². The second kappa shape index (κ2) is 9.44. The van der Waals surface area contributed by atoms with Gasteiger partial charge in [-0.05, 0) is 25.6 Å². The molecule has 1 rings (SSSR count). The van der Waals surface area contributed by atoms with Crippen molar-refractivity contribution in [3.8, 4) is 11.5 Å². The van der Waals surface area contributed by atoms with Crippen LogP contribution >= 0.6 is 12.4 Å². The highest BCUT2D eigenvalue weighted by atomic mass is 35.5. The number of nitrogens with one attached hydrogen (secondary N) is 2. The topological polar surface area (TPSA) is 59.6 Å². The molecule has 0 unspecified atom stereocenters. The van der Waals surface area contributed by atoms with Gasteiger partial charge in [0.05, 0.1) is 19.8 Å². The van der Waals surface area contributed by atoms with E-state index in [0.29, 0.717) is 23.6 Å². The second-order valence-electron chi connectivity index (χ2n) is 4.23. The molecule has 0 aliphatic rings. The van der Waals surface area contributed by atoms with Gasteiger partial charge in [-0.15, -0.1) is 12.4 Å². The molecule has 0 aliphatic carbocycles. The molecule has 0 fully saturated rings. The van der Waals surface area contributed by atoms with Crippen molar-refractivity contribution in [3.63, 3.8) is 0 Å². The molecule has 0 bridgehead atoms. The number of likely N-dealkylation sites (N-methyl/N-ethyl adjacent to an activating group) is 1. The summed E-state index contributed by atoms with van der Waals surface area (Å²) in [6.45, 7) is 5.50. The maximum atomic E-state index is 12.1. The zero-order valence-corrected chi connectivity index (χ0v) is 13.2. The van der Waals surface area contributed by atoms with Gasteiger partial charge < -0.3 is 20.1 Å². The van der Waals surface area contributed by atoms with Crippen LogP contribution < -0.4 is 20.1 Å². The van der Waals surface area contributed by atoms with Crippen LogP contribution in [-0.2, 0) is 0 Å². The fraction of sp³-hybridized carbons (Fsp3) is 0.500. The van der Waals surface area contributed by atoms with Crippen molar-refractivity contribution in [2.45, 2.75) is 19.9 Å². The Morgan fingerprint density at radius 3 is 2.55 bits per heavy atom. The fourth-order valence-corrected chi connectivity index (χ4v) is 1.75. The van der Waals surface area contributed by atoms with Gasteiger partial charge in [0.2, 0.25) is 0 Å². The van der Waals surface area contributed by atoms with Crippen LogP contribution in [0.1, 0.15) is 24.2 Å². The van der Waals surface area contributed by atoms with E-state index in [1.165, 1.54) is 7.11 Å². The molecule has 6 heteroatoms. The first-order valence-electron chi connectivity index (χ1n) is 6.36. The highest BCUT2D eigenvalue weighted by molar-refractivity contribution is 5.97. The summed E-state index contributed by atoms with van der Waals surface area (Å²) in [5.74, 6) is 1.02. The van der Waals surface area contributed by atoms with Gasteiger partial charge in [-0.25, -0.2) is 0 Å². The molecule has 0 aliphatic heterocycles. The number of rotatable bonds is 7. The number of hydrogen-bond donors (Lipinski definition) is 2. The largest absolute Gasteiger partial charge is 0.497 e. The number of amides is 1. The Bertz CT molecular complexity index is 427. The Balaban J connectivity index is 0.00000361. The number of hydrogen-bond acceptors (Lipinski definition) is 4. The van der Waals surface area contributed by atoms with Crippen LogP contribution in [0.5, 0.6) is 11.5 Å². The maximum absolute atomic E-state index is 12.1. The van der Waals surface area contributed by atoms with E-state index in [-0.39, 0.29) is 24.4 Å². The van der Waals surface area contributed by atoms with E-state index in [0.717, 1.165) is 6.54 Å². The van der Waals surface area contributed by atoms with Crippen molar-refractivity contribution in [1.82, 2.24) is 10.6 Å². The highest BCUT2D eigenvalue weighted by Gasteiger charge is 2.13. The van der Waals surface area contributed by atoms with E-state index in [1.54, 1.807) is 25.3 Å². The third kappa shape index (κ3) is 5.27. The third-order valence-electron chi connectivity index (χ3n) is 2.77. The average molecular weight is 303 g/mol. The first kappa shape index (κ1) is 18.5. The van der Waals surface area contributed by atoms with Gasteiger partial charge >= 0.3 is 0 Å². The number of methoxy groups -OCH3 is 2. The minimum Gasteiger partial charge on any atom is -0.497 e. The summed E-state index contributed by atoms with van der Waals surface area (Å²) in [6.07, 6.45) is 0. The fourth-order valence-electron chi connectivity index (χ4n) is 1.75. The second-order valence-corrected chi connectivity index (χ2v) is 4.23. The lowest BCUT2D eigenvalue weighted by atomic mass is 10.1. The molecule has 0 saturated heterocycles. The Kier molecular flexibility index (Phi) is 8.76. The SMILES string of the molecule is CCN[C@H](C)CNC(=O)c1ccc(OC)cc1OC.Cl. The quantitative estimate of drug-likeness (QED) is 0.807. The van der Waals surface area contributed by atoms with E-state index in [9.17, 15) is 4.79 Å². The summed E-state index contributed by atoms with van der Waals surface area (Å²) < 4.78 is 10.3. The summed E-state index contributed by atoms with van der Waals surface area (Å²) in [6, 6.07) is 5.37. The molecule has 0 saturated carbocycles. The normalized spacial score (nSPS) is 11.2. The Labute approximate surface area is 126 Å². The van der Waals surface area contributed by atoms with Crippen LogP contribution in [-0.4, -0.2) is 39.3 Å². The summed E-state index contributed by atoms with van der Waals surface area (Å²) >= 11 is 0. The average Bonchev–Trinajstić information content (AvgIpc) is 2.44. The van der Waals surface area contributed by atoms with E-state index < -0.39 is 0 Å². The predicted octanol–water partition coefficient (Wildman–Crippen LogP) is 1.85. The molecule has 2 N–H and O–H groups in total. The summed E-state index contributed by atoms with van der Waals surface area (Å²) in [5, 5.41) is 6.11. The van der Waals surface area contributed by atoms with Crippen LogP contribution in [0.4, 0.5) is 0 Å². The van der Waals surface area contributed by atoms with Gasteiger partial charge in [-0.2, -0.15) is 0 Å². The van der Waals surface area contributed by atoms with Crippen LogP contribution in [0, 0.1) is 0 Å². The summed E-state index contributed by atoms with van der Waals surface area (Å²) in [4.78, 5) is 12.1. The van der Waals surface area contributed by atoms with E-state index in [1.807, 2.05) is 13.8 Å². The van der Waals surface area contributed by atoms with Crippen molar-refractivity contribution in [1.29, 1.82) is 0 Å². The number of carbonyl (C=O) groups excluding carboxylic acids is 1. The smallest absolute Gasteiger partial charge is 0.255 e. The van der Waals surface area contributed by atoms with Crippen molar-refractivity contribution >= 4 is 18.3 Å². The van der Waals surface area contributed by atoms with Gasteiger partial charge in [0.15, 0.2) is 0 Å². The molecule has 1 amide bonds. The zero-order chi connectivity index (χ0) is 14.3. The third-order valence-corrected chi connectivity index (χ3v) is 2.77. The van der Waals surface area contributed by atoms with Crippen LogP contribution in [0.2, 0.25) is 0 Å². The summed E-state index contributed by atoms with van der Waals surface area (Å²) in [5.41, 5.74) is 0.506. The minimum atomic E-state index is -0.149. The number of halogens is 1. The molecule has 0 spiro atoms. The summed E-state index contributed by atoms with van der Waals surface area (Å²) in [7, 11) is 3.11. The molecular formula is C14H23ClN2O3. The van der Waals surface area contributed by atoms with Crippen molar-refractivity contribution in [2.75, 3.05) is 27.3 Å².